The molecule has 0 aliphatic rings. The SMILES string of the molecule is CCOC(CC)C(N)c1cnc2ccccc2c1. The van der Waals surface area contributed by atoms with Crippen molar-refractivity contribution in [1.29, 1.82) is 0 Å². The Morgan fingerprint density at radius 1 is 1.28 bits per heavy atom. The first-order chi connectivity index (χ1) is 8.76. The summed E-state index contributed by atoms with van der Waals surface area (Å²) in [5.41, 5.74) is 8.30. The van der Waals surface area contributed by atoms with Gasteiger partial charge in [-0.05, 0) is 31.0 Å². The number of ether oxygens (including phenoxy) is 1. The number of aromatic nitrogens is 1. The predicted octanol–water partition coefficient (Wildman–Crippen LogP) is 3.05. The van der Waals surface area contributed by atoms with E-state index in [1.54, 1.807) is 0 Å². The van der Waals surface area contributed by atoms with Crippen LogP contribution in [0.3, 0.4) is 0 Å². The largest absolute Gasteiger partial charge is 0.377 e. The van der Waals surface area contributed by atoms with Crippen molar-refractivity contribution >= 4 is 10.9 Å². The monoisotopic (exact) mass is 244 g/mol. The van der Waals surface area contributed by atoms with Crippen molar-refractivity contribution in [3.63, 3.8) is 0 Å². The number of para-hydroxylation sites is 1. The molecule has 1 aromatic carbocycles. The molecular weight excluding hydrogens is 224 g/mol. The molecule has 0 amide bonds. The quantitative estimate of drug-likeness (QED) is 0.879. The summed E-state index contributed by atoms with van der Waals surface area (Å²) >= 11 is 0. The third-order valence-electron chi connectivity index (χ3n) is 3.18. The van der Waals surface area contributed by atoms with Gasteiger partial charge in [-0.15, -0.1) is 0 Å². The lowest BCUT2D eigenvalue weighted by Gasteiger charge is -2.22. The summed E-state index contributed by atoms with van der Waals surface area (Å²) in [5, 5.41) is 1.12. The fourth-order valence-corrected chi connectivity index (χ4v) is 2.17. The molecule has 3 heteroatoms. The molecule has 2 aromatic rings. The van der Waals surface area contributed by atoms with Gasteiger partial charge in [0.1, 0.15) is 0 Å². The molecular formula is C15H20N2O. The van der Waals surface area contributed by atoms with Crippen molar-refractivity contribution in [2.75, 3.05) is 6.61 Å². The van der Waals surface area contributed by atoms with Gasteiger partial charge in [0.25, 0.3) is 0 Å². The minimum atomic E-state index is -0.118. The molecule has 18 heavy (non-hydrogen) atoms. The maximum Gasteiger partial charge on any atom is 0.0765 e. The van der Waals surface area contributed by atoms with E-state index in [0.717, 1.165) is 22.9 Å². The number of nitrogens with zero attached hydrogens (tertiary/aromatic N) is 1. The summed E-state index contributed by atoms with van der Waals surface area (Å²) in [6.45, 7) is 4.77. The van der Waals surface area contributed by atoms with Gasteiger partial charge in [0.15, 0.2) is 0 Å². The van der Waals surface area contributed by atoms with Crippen molar-refractivity contribution < 1.29 is 4.74 Å². The molecule has 2 atom stereocenters. The highest BCUT2D eigenvalue weighted by Crippen LogP contribution is 2.22. The van der Waals surface area contributed by atoms with E-state index in [1.807, 2.05) is 31.3 Å². The first-order valence-electron chi connectivity index (χ1n) is 6.48. The molecule has 0 bridgehead atoms. The summed E-state index contributed by atoms with van der Waals surface area (Å²) in [5.74, 6) is 0. The highest BCUT2D eigenvalue weighted by atomic mass is 16.5. The van der Waals surface area contributed by atoms with Crippen molar-refractivity contribution in [2.24, 2.45) is 5.73 Å². The van der Waals surface area contributed by atoms with Crippen LogP contribution in [0.5, 0.6) is 0 Å². The van der Waals surface area contributed by atoms with Gasteiger partial charge >= 0.3 is 0 Å². The van der Waals surface area contributed by atoms with E-state index in [-0.39, 0.29) is 12.1 Å². The zero-order valence-electron chi connectivity index (χ0n) is 11.0. The van der Waals surface area contributed by atoms with E-state index < -0.39 is 0 Å². The van der Waals surface area contributed by atoms with Crippen molar-refractivity contribution in [3.8, 4) is 0 Å². The number of nitrogens with two attached hydrogens (primary N) is 1. The van der Waals surface area contributed by atoms with Crippen molar-refractivity contribution in [2.45, 2.75) is 32.4 Å². The molecule has 2 N–H and O–H groups in total. The average Bonchev–Trinajstić information content (AvgIpc) is 2.43. The van der Waals surface area contributed by atoms with Gasteiger partial charge in [0, 0.05) is 18.2 Å². The molecule has 3 nitrogen and oxygen atoms in total. The zero-order valence-corrected chi connectivity index (χ0v) is 11.0. The fourth-order valence-electron chi connectivity index (χ4n) is 2.17. The van der Waals surface area contributed by atoms with Crippen LogP contribution in [-0.2, 0) is 4.74 Å². The van der Waals surface area contributed by atoms with E-state index in [9.17, 15) is 0 Å². The molecule has 2 unspecified atom stereocenters. The Kier molecular flexibility index (Phi) is 4.28. The maximum absolute atomic E-state index is 6.26. The third kappa shape index (κ3) is 2.68. The first kappa shape index (κ1) is 13.0. The van der Waals surface area contributed by atoms with Crippen LogP contribution in [0, 0.1) is 0 Å². The van der Waals surface area contributed by atoms with Gasteiger partial charge in [0.2, 0.25) is 0 Å². The summed E-state index contributed by atoms with van der Waals surface area (Å²) in [7, 11) is 0. The zero-order chi connectivity index (χ0) is 13.0. The number of benzene rings is 1. The molecule has 0 saturated heterocycles. The van der Waals surface area contributed by atoms with Gasteiger partial charge in [-0.3, -0.25) is 4.98 Å². The number of fused-ring (bicyclic) bond motifs is 1. The Labute approximate surface area is 108 Å². The molecule has 1 aromatic heterocycles. The van der Waals surface area contributed by atoms with Crippen LogP contribution < -0.4 is 5.73 Å². The van der Waals surface area contributed by atoms with E-state index in [1.165, 1.54) is 0 Å². The molecule has 96 valence electrons. The number of hydrogen-bond acceptors (Lipinski definition) is 3. The molecule has 0 radical (unpaired) electrons. The molecule has 1 heterocycles. The first-order valence-corrected chi connectivity index (χ1v) is 6.48. The molecule has 0 spiro atoms. The molecule has 0 aliphatic heterocycles. The topological polar surface area (TPSA) is 48.1 Å². The van der Waals surface area contributed by atoms with E-state index in [0.29, 0.717) is 6.61 Å². The Balaban J connectivity index is 2.29. The van der Waals surface area contributed by atoms with Crippen LogP contribution in [0.25, 0.3) is 10.9 Å². The average molecular weight is 244 g/mol. The predicted molar refractivity (Wildman–Crippen MR) is 74.4 cm³/mol. The summed E-state index contributed by atoms with van der Waals surface area (Å²) in [6.07, 6.45) is 2.81. The number of rotatable bonds is 5. The van der Waals surface area contributed by atoms with E-state index in [2.05, 4.69) is 24.0 Å². The van der Waals surface area contributed by atoms with Crippen LogP contribution in [-0.4, -0.2) is 17.7 Å². The normalized spacial score (nSPS) is 14.6. The van der Waals surface area contributed by atoms with E-state index in [4.69, 9.17) is 10.5 Å². The molecule has 0 aliphatic carbocycles. The van der Waals surface area contributed by atoms with Crippen LogP contribution in [0.2, 0.25) is 0 Å². The van der Waals surface area contributed by atoms with Crippen LogP contribution in [0.15, 0.2) is 36.5 Å². The van der Waals surface area contributed by atoms with Gasteiger partial charge in [-0.1, -0.05) is 25.1 Å². The second-order valence-corrected chi connectivity index (χ2v) is 4.39. The minimum Gasteiger partial charge on any atom is -0.377 e. The van der Waals surface area contributed by atoms with Crippen LogP contribution >= 0.6 is 0 Å². The lowest BCUT2D eigenvalue weighted by Crippen LogP contribution is -2.28. The lowest BCUT2D eigenvalue weighted by atomic mass is 10.0. The highest BCUT2D eigenvalue weighted by Gasteiger charge is 2.18. The number of hydrogen-bond donors (Lipinski definition) is 1. The van der Waals surface area contributed by atoms with E-state index >= 15 is 0 Å². The second kappa shape index (κ2) is 5.94. The lowest BCUT2D eigenvalue weighted by molar-refractivity contribution is 0.0413. The Hall–Kier alpha value is -1.45. The van der Waals surface area contributed by atoms with Gasteiger partial charge in [-0.25, -0.2) is 0 Å². The Morgan fingerprint density at radius 2 is 2.06 bits per heavy atom. The van der Waals surface area contributed by atoms with Gasteiger partial charge in [0.05, 0.1) is 17.7 Å². The Bertz CT molecular complexity index is 513. The van der Waals surface area contributed by atoms with Crippen molar-refractivity contribution in [3.05, 3.63) is 42.1 Å². The van der Waals surface area contributed by atoms with Crippen LogP contribution in [0.1, 0.15) is 31.9 Å². The second-order valence-electron chi connectivity index (χ2n) is 4.39. The summed E-state index contributed by atoms with van der Waals surface area (Å²) in [4.78, 5) is 4.44. The standard InChI is InChI=1S/C15H20N2O/c1-3-14(18-4-2)15(16)12-9-11-7-5-6-8-13(11)17-10-12/h5-10,14-15H,3-4,16H2,1-2H3. The fraction of sp³-hybridized carbons (Fsp3) is 0.400. The van der Waals surface area contributed by atoms with Gasteiger partial charge in [-0.2, -0.15) is 0 Å². The smallest absolute Gasteiger partial charge is 0.0765 e. The van der Waals surface area contributed by atoms with Gasteiger partial charge < -0.3 is 10.5 Å². The third-order valence-corrected chi connectivity index (χ3v) is 3.18. The molecule has 2 rings (SSSR count). The Morgan fingerprint density at radius 3 is 2.78 bits per heavy atom. The van der Waals surface area contributed by atoms with Crippen LogP contribution in [0.4, 0.5) is 0 Å². The summed E-state index contributed by atoms with van der Waals surface area (Å²) < 4.78 is 5.67. The highest BCUT2D eigenvalue weighted by molar-refractivity contribution is 5.78. The van der Waals surface area contributed by atoms with Crippen molar-refractivity contribution in [1.82, 2.24) is 4.98 Å². The molecule has 0 fully saturated rings. The minimum absolute atomic E-state index is 0.0537. The number of pyridine rings is 1. The summed E-state index contributed by atoms with van der Waals surface area (Å²) in [6, 6.07) is 10.1. The molecule has 0 saturated carbocycles. The maximum atomic E-state index is 6.26.